The first-order valence-electron chi connectivity index (χ1n) is 4.95. The summed E-state index contributed by atoms with van der Waals surface area (Å²) in [6.45, 7) is 6.88. The smallest absolute Gasteiger partial charge is 0.146 e. The lowest BCUT2D eigenvalue weighted by Gasteiger charge is -2.09. The summed E-state index contributed by atoms with van der Waals surface area (Å²) in [7, 11) is 0. The van der Waals surface area contributed by atoms with Crippen molar-refractivity contribution in [3.63, 3.8) is 0 Å². The highest BCUT2D eigenvalue weighted by atomic mass is 16.1. The highest BCUT2D eigenvalue weighted by Gasteiger charge is 2.02. The van der Waals surface area contributed by atoms with E-state index in [-0.39, 0.29) is 0 Å². The topological polar surface area (TPSA) is 29.1 Å². The number of ketones is 1. The Morgan fingerprint density at radius 3 is 2.58 bits per heavy atom. The quantitative estimate of drug-likeness (QED) is 0.636. The Morgan fingerprint density at radius 2 is 2.08 bits per heavy atom. The largest absolute Gasteiger partial charge is 0.308 e. The molecule has 2 heteroatoms. The third-order valence-corrected chi connectivity index (χ3v) is 2.07. The summed E-state index contributed by atoms with van der Waals surface area (Å²) in [6.07, 6.45) is 3.96. The van der Waals surface area contributed by atoms with E-state index in [0.717, 1.165) is 25.7 Å². The van der Waals surface area contributed by atoms with Crippen LogP contribution in [0.25, 0.3) is 0 Å². The average Bonchev–Trinajstić information content (AvgIpc) is 2.10. The van der Waals surface area contributed by atoms with Crippen LogP contribution < -0.4 is 5.32 Å². The SMILES string of the molecule is CCCCC(=O)CNC(C)CC. The molecule has 0 radical (unpaired) electrons. The fourth-order valence-electron chi connectivity index (χ4n) is 0.895. The van der Waals surface area contributed by atoms with Crippen LogP contribution in [-0.2, 0) is 4.79 Å². The molecule has 0 aromatic carbocycles. The Kier molecular flexibility index (Phi) is 7.06. The molecule has 2 nitrogen and oxygen atoms in total. The van der Waals surface area contributed by atoms with Crippen molar-refractivity contribution in [1.29, 1.82) is 0 Å². The lowest BCUT2D eigenvalue weighted by molar-refractivity contribution is -0.118. The van der Waals surface area contributed by atoms with Gasteiger partial charge in [0.1, 0.15) is 5.78 Å². The monoisotopic (exact) mass is 171 g/mol. The molecule has 0 aromatic rings. The summed E-state index contributed by atoms with van der Waals surface area (Å²) in [6, 6.07) is 0.468. The number of hydrogen-bond donors (Lipinski definition) is 1. The van der Waals surface area contributed by atoms with Crippen LogP contribution in [0.3, 0.4) is 0 Å². The molecule has 0 spiro atoms. The number of carbonyl (C=O) groups is 1. The summed E-state index contributed by atoms with van der Waals surface area (Å²) < 4.78 is 0. The zero-order valence-electron chi connectivity index (χ0n) is 8.52. The lowest BCUT2D eigenvalue weighted by Crippen LogP contribution is -2.30. The van der Waals surface area contributed by atoms with Crippen molar-refractivity contribution < 1.29 is 4.79 Å². The molecule has 0 aliphatic carbocycles. The molecule has 0 heterocycles. The van der Waals surface area contributed by atoms with E-state index in [2.05, 4.69) is 26.1 Å². The number of carbonyl (C=O) groups excluding carboxylic acids is 1. The Bertz CT molecular complexity index is 123. The van der Waals surface area contributed by atoms with Gasteiger partial charge in [0.05, 0.1) is 6.54 Å². The molecule has 0 amide bonds. The molecule has 1 unspecified atom stereocenters. The Hall–Kier alpha value is -0.370. The average molecular weight is 171 g/mol. The molecule has 12 heavy (non-hydrogen) atoms. The van der Waals surface area contributed by atoms with E-state index >= 15 is 0 Å². The lowest BCUT2D eigenvalue weighted by atomic mass is 10.2. The van der Waals surface area contributed by atoms with Crippen molar-refractivity contribution in [3.05, 3.63) is 0 Å². The molecular weight excluding hydrogens is 150 g/mol. The minimum Gasteiger partial charge on any atom is -0.308 e. The van der Waals surface area contributed by atoms with Crippen LogP contribution in [0.15, 0.2) is 0 Å². The van der Waals surface area contributed by atoms with E-state index in [1.165, 1.54) is 0 Å². The van der Waals surface area contributed by atoms with Crippen LogP contribution in [0.5, 0.6) is 0 Å². The predicted octanol–water partition coefficient (Wildman–Crippen LogP) is 2.13. The number of rotatable bonds is 7. The third-order valence-electron chi connectivity index (χ3n) is 2.07. The molecule has 0 bridgehead atoms. The summed E-state index contributed by atoms with van der Waals surface area (Å²) in [4.78, 5) is 11.2. The first kappa shape index (κ1) is 11.6. The fourth-order valence-corrected chi connectivity index (χ4v) is 0.895. The summed E-state index contributed by atoms with van der Waals surface area (Å²) >= 11 is 0. The Labute approximate surface area is 75.7 Å². The third kappa shape index (κ3) is 6.35. The predicted molar refractivity (Wildman–Crippen MR) is 52.3 cm³/mol. The minimum atomic E-state index is 0.345. The number of unbranched alkanes of at least 4 members (excludes halogenated alkanes) is 1. The van der Waals surface area contributed by atoms with Crippen molar-refractivity contribution >= 4 is 5.78 Å². The van der Waals surface area contributed by atoms with Crippen molar-refractivity contribution in [2.45, 2.75) is 52.5 Å². The maximum atomic E-state index is 11.2. The van der Waals surface area contributed by atoms with Gasteiger partial charge in [-0.25, -0.2) is 0 Å². The van der Waals surface area contributed by atoms with Crippen molar-refractivity contribution in [2.75, 3.05) is 6.54 Å². The van der Waals surface area contributed by atoms with Crippen LogP contribution in [0.4, 0.5) is 0 Å². The molecule has 0 rings (SSSR count). The molecular formula is C10H21NO. The number of hydrogen-bond acceptors (Lipinski definition) is 2. The fraction of sp³-hybridized carbons (Fsp3) is 0.900. The Morgan fingerprint density at radius 1 is 1.42 bits per heavy atom. The maximum Gasteiger partial charge on any atom is 0.146 e. The van der Waals surface area contributed by atoms with E-state index in [4.69, 9.17) is 0 Å². The van der Waals surface area contributed by atoms with Crippen LogP contribution in [-0.4, -0.2) is 18.4 Å². The van der Waals surface area contributed by atoms with Gasteiger partial charge in [-0.1, -0.05) is 20.3 Å². The van der Waals surface area contributed by atoms with Crippen LogP contribution >= 0.6 is 0 Å². The van der Waals surface area contributed by atoms with Gasteiger partial charge in [-0.05, 0) is 19.8 Å². The van der Waals surface area contributed by atoms with E-state index in [1.807, 2.05) is 0 Å². The maximum absolute atomic E-state index is 11.2. The zero-order valence-corrected chi connectivity index (χ0v) is 8.52. The zero-order chi connectivity index (χ0) is 9.40. The standard InChI is InChI=1S/C10H21NO/c1-4-6-7-10(12)8-11-9(3)5-2/h9,11H,4-8H2,1-3H3. The second-order valence-electron chi connectivity index (χ2n) is 3.33. The van der Waals surface area contributed by atoms with E-state index in [1.54, 1.807) is 0 Å². The molecule has 0 aliphatic heterocycles. The first-order valence-corrected chi connectivity index (χ1v) is 4.95. The molecule has 0 saturated carbocycles. The first-order chi connectivity index (χ1) is 5.70. The van der Waals surface area contributed by atoms with E-state index < -0.39 is 0 Å². The summed E-state index contributed by atoms with van der Waals surface area (Å²) in [5.41, 5.74) is 0. The normalized spacial score (nSPS) is 12.9. The summed E-state index contributed by atoms with van der Waals surface area (Å²) in [5.74, 6) is 0.345. The Balaban J connectivity index is 3.31. The van der Waals surface area contributed by atoms with E-state index in [9.17, 15) is 4.79 Å². The van der Waals surface area contributed by atoms with Gasteiger partial charge in [0.25, 0.3) is 0 Å². The summed E-state index contributed by atoms with van der Waals surface area (Å²) in [5, 5.41) is 3.19. The van der Waals surface area contributed by atoms with Crippen molar-refractivity contribution in [3.8, 4) is 0 Å². The molecule has 72 valence electrons. The van der Waals surface area contributed by atoms with Crippen molar-refractivity contribution in [2.24, 2.45) is 0 Å². The van der Waals surface area contributed by atoms with Crippen LogP contribution in [0.2, 0.25) is 0 Å². The van der Waals surface area contributed by atoms with Gasteiger partial charge in [-0.15, -0.1) is 0 Å². The van der Waals surface area contributed by atoms with Gasteiger partial charge in [-0.3, -0.25) is 4.79 Å². The van der Waals surface area contributed by atoms with Crippen LogP contribution in [0.1, 0.15) is 46.5 Å². The highest BCUT2D eigenvalue weighted by Crippen LogP contribution is 1.95. The van der Waals surface area contributed by atoms with Crippen molar-refractivity contribution in [1.82, 2.24) is 5.32 Å². The van der Waals surface area contributed by atoms with Gasteiger partial charge in [0.15, 0.2) is 0 Å². The van der Waals surface area contributed by atoms with Gasteiger partial charge < -0.3 is 5.32 Å². The second-order valence-corrected chi connectivity index (χ2v) is 3.33. The highest BCUT2D eigenvalue weighted by molar-refractivity contribution is 5.80. The van der Waals surface area contributed by atoms with E-state index in [0.29, 0.717) is 18.4 Å². The van der Waals surface area contributed by atoms with Crippen LogP contribution in [0, 0.1) is 0 Å². The van der Waals surface area contributed by atoms with Gasteiger partial charge in [0, 0.05) is 12.5 Å². The van der Waals surface area contributed by atoms with Gasteiger partial charge in [0.2, 0.25) is 0 Å². The van der Waals surface area contributed by atoms with Gasteiger partial charge in [-0.2, -0.15) is 0 Å². The molecule has 1 N–H and O–H groups in total. The number of nitrogens with one attached hydrogen (secondary N) is 1. The molecule has 0 saturated heterocycles. The molecule has 0 fully saturated rings. The molecule has 0 aliphatic rings. The van der Waals surface area contributed by atoms with Gasteiger partial charge >= 0.3 is 0 Å². The molecule has 1 atom stereocenters. The number of Topliss-reactive ketones (excluding diaryl/α,β-unsaturated/α-hetero) is 1. The second kappa shape index (κ2) is 7.29. The minimum absolute atomic E-state index is 0.345. The molecule has 0 aromatic heterocycles.